The molecule has 0 aromatic rings. The van der Waals surface area contributed by atoms with Gasteiger partial charge in [0.15, 0.2) is 0 Å². The topological polar surface area (TPSA) is 32.7 Å². The lowest BCUT2D eigenvalue weighted by Crippen LogP contribution is -2.59. The number of aliphatic hydroxyl groups is 1. The number of likely N-dealkylation sites (tertiary alicyclic amines) is 1. The molecule has 12 heavy (non-hydrogen) atoms. The SMILES string of the molecule is CC1(C)CN(C2COCC2O)C1. The number of nitrogens with zero attached hydrogens (tertiary/aromatic N) is 1. The monoisotopic (exact) mass is 171 g/mol. The molecule has 2 heterocycles. The molecule has 0 bridgehead atoms. The lowest BCUT2D eigenvalue weighted by molar-refractivity contribution is -0.0359. The Kier molecular flexibility index (Phi) is 1.90. The Morgan fingerprint density at radius 3 is 2.42 bits per heavy atom. The molecule has 0 amide bonds. The highest BCUT2D eigenvalue weighted by Gasteiger charge is 2.42. The van der Waals surface area contributed by atoms with Crippen molar-refractivity contribution in [3.05, 3.63) is 0 Å². The molecule has 2 aliphatic heterocycles. The molecular formula is C9H17NO2. The van der Waals surface area contributed by atoms with Crippen LogP contribution in [0.15, 0.2) is 0 Å². The van der Waals surface area contributed by atoms with Gasteiger partial charge in [0.25, 0.3) is 0 Å². The van der Waals surface area contributed by atoms with Gasteiger partial charge < -0.3 is 9.84 Å². The minimum Gasteiger partial charge on any atom is -0.389 e. The highest BCUT2D eigenvalue weighted by atomic mass is 16.5. The molecule has 70 valence electrons. The lowest BCUT2D eigenvalue weighted by Gasteiger charge is -2.49. The second-order valence-corrected chi connectivity index (χ2v) is 4.74. The summed E-state index contributed by atoms with van der Waals surface area (Å²) in [7, 11) is 0. The number of hydrogen-bond donors (Lipinski definition) is 1. The molecule has 0 aliphatic carbocycles. The van der Waals surface area contributed by atoms with Gasteiger partial charge in [0.05, 0.1) is 25.4 Å². The maximum atomic E-state index is 9.53. The van der Waals surface area contributed by atoms with Crippen LogP contribution in [0.2, 0.25) is 0 Å². The first-order chi connectivity index (χ1) is 5.58. The van der Waals surface area contributed by atoms with Crippen molar-refractivity contribution in [1.82, 2.24) is 4.90 Å². The molecule has 2 aliphatic rings. The minimum absolute atomic E-state index is 0.262. The molecule has 3 heteroatoms. The van der Waals surface area contributed by atoms with E-state index in [0.717, 1.165) is 13.1 Å². The normalized spacial score (nSPS) is 41.2. The van der Waals surface area contributed by atoms with Gasteiger partial charge in [-0.1, -0.05) is 13.8 Å². The predicted molar refractivity (Wildman–Crippen MR) is 46.0 cm³/mol. The number of ether oxygens (including phenoxy) is 1. The van der Waals surface area contributed by atoms with Crippen LogP contribution in [-0.4, -0.2) is 48.5 Å². The van der Waals surface area contributed by atoms with Crippen LogP contribution in [0, 0.1) is 5.41 Å². The number of rotatable bonds is 1. The fourth-order valence-electron chi connectivity index (χ4n) is 2.17. The van der Waals surface area contributed by atoms with Gasteiger partial charge in [0.1, 0.15) is 0 Å². The summed E-state index contributed by atoms with van der Waals surface area (Å²) in [5.74, 6) is 0. The number of hydrogen-bond acceptors (Lipinski definition) is 3. The smallest absolute Gasteiger partial charge is 0.0950 e. The van der Waals surface area contributed by atoms with E-state index in [1.165, 1.54) is 0 Å². The molecule has 2 unspecified atom stereocenters. The second-order valence-electron chi connectivity index (χ2n) is 4.74. The fraction of sp³-hybridized carbons (Fsp3) is 1.00. The highest BCUT2D eigenvalue weighted by molar-refractivity contribution is 4.95. The van der Waals surface area contributed by atoms with E-state index >= 15 is 0 Å². The highest BCUT2D eigenvalue weighted by Crippen LogP contribution is 2.32. The summed E-state index contributed by atoms with van der Waals surface area (Å²) < 4.78 is 5.20. The number of aliphatic hydroxyl groups excluding tert-OH is 1. The maximum absolute atomic E-state index is 9.53. The molecule has 2 fully saturated rings. The van der Waals surface area contributed by atoms with Crippen molar-refractivity contribution in [2.45, 2.75) is 26.0 Å². The first-order valence-electron chi connectivity index (χ1n) is 4.58. The van der Waals surface area contributed by atoms with Gasteiger partial charge in [0, 0.05) is 13.1 Å². The van der Waals surface area contributed by atoms with E-state index in [2.05, 4.69) is 18.7 Å². The molecule has 1 N–H and O–H groups in total. The van der Waals surface area contributed by atoms with E-state index in [-0.39, 0.29) is 12.1 Å². The van der Waals surface area contributed by atoms with Crippen LogP contribution in [0.25, 0.3) is 0 Å². The van der Waals surface area contributed by atoms with Crippen LogP contribution in [0.3, 0.4) is 0 Å². The summed E-state index contributed by atoms with van der Waals surface area (Å²) in [5, 5.41) is 9.53. The summed E-state index contributed by atoms with van der Waals surface area (Å²) in [6.07, 6.45) is -0.263. The van der Waals surface area contributed by atoms with Crippen molar-refractivity contribution in [2.24, 2.45) is 5.41 Å². The Balaban J connectivity index is 1.87. The van der Waals surface area contributed by atoms with E-state index in [0.29, 0.717) is 18.6 Å². The average molecular weight is 171 g/mol. The standard InChI is InChI=1S/C9H17NO2/c1-9(2)5-10(6-9)7-3-12-4-8(7)11/h7-8,11H,3-6H2,1-2H3. The molecule has 0 radical (unpaired) electrons. The largest absolute Gasteiger partial charge is 0.389 e. The van der Waals surface area contributed by atoms with Crippen molar-refractivity contribution in [3.63, 3.8) is 0 Å². The van der Waals surface area contributed by atoms with Crippen LogP contribution in [0.5, 0.6) is 0 Å². The zero-order chi connectivity index (χ0) is 8.77. The molecule has 0 spiro atoms. The molecule has 2 rings (SSSR count). The summed E-state index contributed by atoms with van der Waals surface area (Å²) >= 11 is 0. The Hall–Kier alpha value is -0.120. The van der Waals surface area contributed by atoms with Gasteiger partial charge in [-0.05, 0) is 5.41 Å². The minimum atomic E-state index is -0.263. The zero-order valence-electron chi connectivity index (χ0n) is 7.79. The summed E-state index contributed by atoms with van der Waals surface area (Å²) in [5.41, 5.74) is 0.447. The second kappa shape index (κ2) is 2.69. The zero-order valence-corrected chi connectivity index (χ0v) is 7.79. The maximum Gasteiger partial charge on any atom is 0.0950 e. The molecule has 3 nitrogen and oxygen atoms in total. The van der Waals surface area contributed by atoms with E-state index in [1.807, 2.05) is 0 Å². The van der Waals surface area contributed by atoms with E-state index < -0.39 is 0 Å². The lowest BCUT2D eigenvalue weighted by atomic mass is 9.83. The van der Waals surface area contributed by atoms with Crippen molar-refractivity contribution in [3.8, 4) is 0 Å². The Bertz CT molecular complexity index is 173. The van der Waals surface area contributed by atoms with Crippen molar-refractivity contribution >= 4 is 0 Å². The van der Waals surface area contributed by atoms with Crippen LogP contribution < -0.4 is 0 Å². The third kappa shape index (κ3) is 1.37. The molecular weight excluding hydrogens is 154 g/mol. The Morgan fingerprint density at radius 2 is 2.00 bits per heavy atom. The summed E-state index contributed by atoms with van der Waals surface area (Å²) in [4.78, 5) is 2.32. The summed E-state index contributed by atoms with van der Waals surface area (Å²) in [6, 6.07) is 0.262. The predicted octanol–water partition coefficient (Wildman–Crippen LogP) is 0.0879. The summed E-state index contributed by atoms with van der Waals surface area (Å²) in [6.45, 7) is 7.92. The third-order valence-corrected chi connectivity index (χ3v) is 2.75. The first-order valence-corrected chi connectivity index (χ1v) is 4.58. The van der Waals surface area contributed by atoms with Gasteiger partial charge in [0.2, 0.25) is 0 Å². The first kappa shape index (κ1) is 8.48. The van der Waals surface area contributed by atoms with E-state index in [4.69, 9.17) is 4.74 Å². The van der Waals surface area contributed by atoms with Crippen molar-refractivity contribution in [2.75, 3.05) is 26.3 Å². The quantitative estimate of drug-likeness (QED) is 0.607. The Labute approximate surface area is 73.3 Å². The van der Waals surface area contributed by atoms with Gasteiger partial charge in [-0.25, -0.2) is 0 Å². The Morgan fingerprint density at radius 1 is 1.33 bits per heavy atom. The van der Waals surface area contributed by atoms with Gasteiger partial charge in [-0.3, -0.25) is 4.90 Å². The third-order valence-electron chi connectivity index (χ3n) is 2.75. The van der Waals surface area contributed by atoms with Gasteiger partial charge in [-0.15, -0.1) is 0 Å². The molecule has 0 aromatic heterocycles. The van der Waals surface area contributed by atoms with Gasteiger partial charge in [-0.2, -0.15) is 0 Å². The van der Waals surface area contributed by atoms with Crippen molar-refractivity contribution in [1.29, 1.82) is 0 Å². The molecule has 2 saturated heterocycles. The van der Waals surface area contributed by atoms with Gasteiger partial charge >= 0.3 is 0 Å². The molecule has 2 atom stereocenters. The van der Waals surface area contributed by atoms with Crippen molar-refractivity contribution < 1.29 is 9.84 Å². The average Bonchev–Trinajstić information content (AvgIpc) is 2.30. The van der Waals surface area contributed by atoms with Crippen LogP contribution >= 0.6 is 0 Å². The van der Waals surface area contributed by atoms with E-state index in [9.17, 15) is 5.11 Å². The fourth-order valence-corrected chi connectivity index (χ4v) is 2.17. The van der Waals surface area contributed by atoms with Crippen LogP contribution in [0.1, 0.15) is 13.8 Å². The van der Waals surface area contributed by atoms with Crippen LogP contribution in [0.4, 0.5) is 0 Å². The molecule has 0 aromatic carbocycles. The van der Waals surface area contributed by atoms with Crippen LogP contribution in [-0.2, 0) is 4.74 Å². The molecule has 0 saturated carbocycles. The van der Waals surface area contributed by atoms with E-state index in [1.54, 1.807) is 0 Å².